The lowest BCUT2D eigenvalue weighted by atomic mass is 10.0. The maximum atomic E-state index is 11.9. The van der Waals surface area contributed by atoms with Gasteiger partial charge in [-0.3, -0.25) is 4.79 Å². The SMILES string of the molecule is C[C@@H](c1ccc2ccccc2c1)N1CC(N)CC1=O. The van der Waals surface area contributed by atoms with Gasteiger partial charge < -0.3 is 10.6 Å². The van der Waals surface area contributed by atoms with Gasteiger partial charge in [-0.2, -0.15) is 0 Å². The third-order valence-electron chi connectivity index (χ3n) is 3.91. The second kappa shape index (κ2) is 4.67. The summed E-state index contributed by atoms with van der Waals surface area (Å²) in [5, 5.41) is 2.44. The highest BCUT2D eigenvalue weighted by molar-refractivity contribution is 5.84. The van der Waals surface area contributed by atoms with Crippen LogP contribution in [0.5, 0.6) is 0 Å². The molecule has 98 valence electrons. The number of hydrogen-bond acceptors (Lipinski definition) is 2. The molecule has 2 N–H and O–H groups in total. The third-order valence-corrected chi connectivity index (χ3v) is 3.91. The molecule has 2 aromatic rings. The summed E-state index contributed by atoms with van der Waals surface area (Å²) in [7, 11) is 0. The van der Waals surface area contributed by atoms with Gasteiger partial charge >= 0.3 is 0 Å². The summed E-state index contributed by atoms with van der Waals surface area (Å²) in [5.41, 5.74) is 7.03. The quantitative estimate of drug-likeness (QED) is 0.894. The molecule has 3 heteroatoms. The zero-order valence-electron chi connectivity index (χ0n) is 11.0. The summed E-state index contributed by atoms with van der Waals surface area (Å²) in [6, 6.07) is 14.7. The fraction of sp³-hybridized carbons (Fsp3) is 0.312. The number of carbonyl (C=O) groups excluding carboxylic acids is 1. The van der Waals surface area contributed by atoms with Crippen LogP contribution in [0.2, 0.25) is 0 Å². The molecule has 1 unspecified atom stereocenters. The molecule has 1 aliphatic heterocycles. The predicted molar refractivity (Wildman–Crippen MR) is 76.7 cm³/mol. The molecule has 0 radical (unpaired) electrons. The average Bonchev–Trinajstić information content (AvgIpc) is 2.76. The van der Waals surface area contributed by atoms with E-state index in [9.17, 15) is 4.79 Å². The summed E-state index contributed by atoms with van der Waals surface area (Å²) in [4.78, 5) is 13.8. The largest absolute Gasteiger partial charge is 0.334 e. The highest BCUT2D eigenvalue weighted by Gasteiger charge is 2.30. The van der Waals surface area contributed by atoms with E-state index < -0.39 is 0 Å². The molecule has 1 amide bonds. The maximum absolute atomic E-state index is 11.9. The molecule has 1 saturated heterocycles. The van der Waals surface area contributed by atoms with Crippen molar-refractivity contribution in [2.24, 2.45) is 5.73 Å². The zero-order valence-corrected chi connectivity index (χ0v) is 11.0. The van der Waals surface area contributed by atoms with Crippen LogP contribution in [-0.2, 0) is 4.79 Å². The van der Waals surface area contributed by atoms with E-state index in [0.717, 1.165) is 0 Å². The molecule has 3 rings (SSSR count). The van der Waals surface area contributed by atoms with E-state index in [0.29, 0.717) is 13.0 Å². The highest BCUT2D eigenvalue weighted by atomic mass is 16.2. The molecule has 0 saturated carbocycles. The van der Waals surface area contributed by atoms with Crippen LogP contribution in [0.15, 0.2) is 42.5 Å². The van der Waals surface area contributed by atoms with Gasteiger partial charge in [0, 0.05) is 19.0 Å². The van der Waals surface area contributed by atoms with Crippen molar-refractivity contribution in [2.75, 3.05) is 6.54 Å². The van der Waals surface area contributed by atoms with Crippen molar-refractivity contribution in [1.82, 2.24) is 4.90 Å². The van der Waals surface area contributed by atoms with Gasteiger partial charge in [0.25, 0.3) is 0 Å². The molecule has 0 spiro atoms. The van der Waals surface area contributed by atoms with Gasteiger partial charge in [0.15, 0.2) is 0 Å². The molecule has 1 aliphatic rings. The lowest BCUT2D eigenvalue weighted by Crippen LogP contribution is -2.30. The fourth-order valence-electron chi connectivity index (χ4n) is 2.78. The Morgan fingerprint density at radius 2 is 1.95 bits per heavy atom. The van der Waals surface area contributed by atoms with Gasteiger partial charge in [0.2, 0.25) is 5.91 Å². The van der Waals surface area contributed by atoms with Crippen LogP contribution in [0.3, 0.4) is 0 Å². The second-order valence-electron chi connectivity index (χ2n) is 5.29. The smallest absolute Gasteiger partial charge is 0.224 e. The number of nitrogens with two attached hydrogens (primary N) is 1. The van der Waals surface area contributed by atoms with Crippen molar-refractivity contribution < 1.29 is 4.79 Å². The summed E-state index contributed by atoms with van der Waals surface area (Å²) >= 11 is 0. The molecule has 0 bridgehead atoms. The number of nitrogens with zero attached hydrogens (tertiary/aromatic N) is 1. The number of amides is 1. The maximum Gasteiger partial charge on any atom is 0.224 e. The Labute approximate surface area is 113 Å². The van der Waals surface area contributed by atoms with Gasteiger partial charge in [-0.05, 0) is 29.3 Å². The lowest BCUT2D eigenvalue weighted by Gasteiger charge is -2.25. The summed E-state index contributed by atoms with van der Waals surface area (Å²) < 4.78 is 0. The van der Waals surface area contributed by atoms with Crippen LogP contribution in [0.1, 0.15) is 24.9 Å². The van der Waals surface area contributed by atoms with Crippen molar-refractivity contribution in [3.63, 3.8) is 0 Å². The Morgan fingerprint density at radius 1 is 1.21 bits per heavy atom. The van der Waals surface area contributed by atoms with E-state index in [2.05, 4.69) is 37.3 Å². The Morgan fingerprint density at radius 3 is 2.63 bits per heavy atom. The average molecular weight is 254 g/mol. The normalized spacial score (nSPS) is 21.1. The van der Waals surface area contributed by atoms with Crippen molar-refractivity contribution in [2.45, 2.75) is 25.4 Å². The van der Waals surface area contributed by atoms with Gasteiger partial charge in [-0.1, -0.05) is 36.4 Å². The van der Waals surface area contributed by atoms with Crippen molar-refractivity contribution >= 4 is 16.7 Å². The first kappa shape index (κ1) is 12.2. The molecule has 2 aromatic carbocycles. The van der Waals surface area contributed by atoms with Gasteiger partial charge in [0.05, 0.1) is 6.04 Å². The predicted octanol–water partition coefficient (Wildman–Crippen LogP) is 2.46. The van der Waals surface area contributed by atoms with Crippen LogP contribution < -0.4 is 5.73 Å². The van der Waals surface area contributed by atoms with Crippen LogP contribution in [0.25, 0.3) is 10.8 Å². The molecular formula is C16H18N2O. The Hall–Kier alpha value is -1.87. The van der Waals surface area contributed by atoms with Gasteiger partial charge in [-0.25, -0.2) is 0 Å². The standard InChI is InChI=1S/C16H18N2O/c1-11(18-10-15(17)9-16(18)19)13-7-6-12-4-2-3-5-14(12)8-13/h2-8,11,15H,9-10,17H2,1H3/t11-,15?/m0/s1. The van der Waals surface area contributed by atoms with Crippen molar-refractivity contribution in [1.29, 1.82) is 0 Å². The van der Waals surface area contributed by atoms with Crippen LogP contribution >= 0.6 is 0 Å². The number of likely N-dealkylation sites (tertiary alicyclic amines) is 1. The Kier molecular flexibility index (Phi) is 2.99. The number of rotatable bonds is 2. The molecule has 3 nitrogen and oxygen atoms in total. The number of carbonyl (C=O) groups is 1. The first-order valence-corrected chi connectivity index (χ1v) is 6.69. The topological polar surface area (TPSA) is 46.3 Å². The summed E-state index contributed by atoms with van der Waals surface area (Å²) in [6.07, 6.45) is 0.470. The van der Waals surface area contributed by atoms with Crippen molar-refractivity contribution in [3.05, 3.63) is 48.0 Å². The number of hydrogen-bond donors (Lipinski definition) is 1. The lowest BCUT2D eigenvalue weighted by molar-refractivity contribution is -0.129. The molecule has 1 heterocycles. The highest BCUT2D eigenvalue weighted by Crippen LogP contribution is 2.27. The minimum absolute atomic E-state index is 0.0181. The number of benzene rings is 2. The summed E-state index contributed by atoms with van der Waals surface area (Å²) in [5.74, 6) is 0.160. The zero-order chi connectivity index (χ0) is 13.4. The third kappa shape index (κ3) is 2.22. The first-order chi connectivity index (χ1) is 9.15. The molecular weight excluding hydrogens is 236 g/mol. The fourth-order valence-corrected chi connectivity index (χ4v) is 2.78. The van der Waals surface area contributed by atoms with E-state index in [-0.39, 0.29) is 18.0 Å². The van der Waals surface area contributed by atoms with Crippen LogP contribution in [0.4, 0.5) is 0 Å². The molecule has 2 atom stereocenters. The van der Waals surface area contributed by atoms with E-state index in [1.54, 1.807) is 0 Å². The van der Waals surface area contributed by atoms with Crippen LogP contribution in [0, 0.1) is 0 Å². The minimum Gasteiger partial charge on any atom is -0.334 e. The van der Waals surface area contributed by atoms with Crippen LogP contribution in [-0.4, -0.2) is 23.4 Å². The number of fused-ring (bicyclic) bond motifs is 1. The molecule has 0 aliphatic carbocycles. The van der Waals surface area contributed by atoms with E-state index in [1.165, 1.54) is 16.3 Å². The Bertz CT molecular complexity index is 623. The van der Waals surface area contributed by atoms with E-state index in [1.807, 2.05) is 17.0 Å². The first-order valence-electron chi connectivity index (χ1n) is 6.69. The van der Waals surface area contributed by atoms with Gasteiger partial charge in [0.1, 0.15) is 0 Å². The monoisotopic (exact) mass is 254 g/mol. The Balaban J connectivity index is 1.93. The van der Waals surface area contributed by atoms with Crippen molar-refractivity contribution in [3.8, 4) is 0 Å². The van der Waals surface area contributed by atoms with E-state index in [4.69, 9.17) is 5.73 Å². The minimum atomic E-state index is -0.0181. The molecule has 1 fully saturated rings. The summed E-state index contributed by atoms with van der Waals surface area (Å²) in [6.45, 7) is 2.73. The molecule has 0 aromatic heterocycles. The second-order valence-corrected chi connectivity index (χ2v) is 5.29. The van der Waals surface area contributed by atoms with Gasteiger partial charge in [-0.15, -0.1) is 0 Å². The van der Waals surface area contributed by atoms with E-state index >= 15 is 0 Å². The molecule has 19 heavy (non-hydrogen) atoms.